The summed E-state index contributed by atoms with van der Waals surface area (Å²) < 4.78 is 27.1. The van der Waals surface area contributed by atoms with Crippen molar-refractivity contribution >= 4 is 27.0 Å². The molecule has 1 fully saturated rings. The monoisotopic (exact) mass is 303 g/mol. The highest BCUT2D eigenvalue weighted by Crippen LogP contribution is 2.22. The predicted octanol–water partition coefficient (Wildman–Crippen LogP) is 1.34. The van der Waals surface area contributed by atoms with E-state index >= 15 is 0 Å². The molecule has 1 aromatic rings. The van der Waals surface area contributed by atoms with Crippen molar-refractivity contribution in [3.05, 3.63) is 11.4 Å². The lowest BCUT2D eigenvalue weighted by Crippen LogP contribution is -2.38. The quantitative estimate of drug-likeness (QED) is 0.861. The number of anilines is 1. The van der Waals surface area contributed by atoms with Gasteiger partial charge in [-0.1, -0.05) is 6.92 Å². The number of nitrogens with zero attached hydrogens (tertiary/aromatic N) is 1. The molecule has 0 spiro atoms. The van der Waals surface area contributed by atoms with Gasteiger partial charge in [0.05, 0.1) is 0 Å². The van der Waals surface area contributed by atoms with Gasteiger partial charge < -0.3 is 10.6 Å². The van der Waals surface area contributed by atoms with Gasteiger partial charge in [-0.2, -0.15) is 0 Å². The standard InChI is InChI=1S/C12H21N3O2S2/c1-2-15-5-3-10(4-6-15)8-14-19(16,17)12-7-11(13)9-18-12/h7,9-10,14H,2-6,8,13H2,1H3. The van der Waals surface area contributed by atoms with Crippen molar-refractivity contribution in [3.63, 3.8) is 0 Å². The van der Waals surface area contributed by atoms with E-state index in [4.69, 9.17) is 5.73 Å². The summed E-state index contributed by atoms with van der Waals surface area (Å²) in [6.45, 7) is 5.89. The van der Waals surface area contributed by atoms with E-state index in [9.17, 15) is 8.42 Å². The summed E-state index contributed by atoms with van der Waals surface area (Å²) in [7, 11) is -3.38. The number of sulfonamides is 1. The lowest BCUT2D eigenvalue weighted by molar-refractivity contribution is 0.194. The van der Waals surface area contributed by atoms with Gasteiger partial charge >= 0.3 is 0 Å². The average Bonchev–Trinajstić information content (AvgIpc) is 2.85. The van der Waals surface area contributed by atoms with Gasteiger partial charge in [0.2, 0.25) is 10.0 Å². The van der Waals surface area contributed by atoms with Gasteiger partial charge in [0.1, 0.15) is 4.21 Å². The largest absolute Gasteiger partial charge is 0.398 e. The molecule has 0 aromatic carbocycles. The first-order valence-electron chi connectivity index (χ1n) is 6.57. The van der Waals surface area contributed by atoms with Crippen LogP contribution in [0.1, 0.15) is 19.8 Å². The molecule has 1 aliphatic heterocycles. The van der Waals surface area contributed by atoms with Crippen LogP contribution in [-0.4, -0.2) is 39.5 Å². The number of nitrogens with one attached hydrogen (secondary N) is 1. The smallest absolute Gasteiger partial charge is 0.250 e. The summed E-state index contributed by atoms with van der Waals surface area (Å²) in [4.78, 5) is 2.39. The normalized spacial score (nSPS) is 18.8. The molecule has 0 aliphatic carbocycles. The molecule has 7 heteroatoms. The molecule has 0 bridgehead atoms. The second kappa shape index (κ2) is 6.21. The van der Waals surface area contributed by atoms with Crippen molar-refractivity contribution in [2.75, 3.05) is 31.9 Å². The molecule has 19 heavy (non-hydrogen) atoms. The maximum Gasteiger partial charge on any atom is 0.250 e. The van der Waals surface area contributed by atoms with Gasteiger partial charge in [0.25, 0.3) is 0 Å². The van der Waals surface area contributed by atoms with Crippen LogP contribution in [0.5, 0.6) is 0 Å². The fraction of sp³-hybridized carbons (Fsp3) is 0.667. The average molecular weight is 303 g/mol. The zero-order chi connectivity index (χ0) is 13.9. The van der Waals surface area contributed by atoms with E-state index in [-0.39, 0.29) is 0 Å². The third kappa shape index (κ3) is 3.92. The van der Waals surface area contributed by atoms with Crippen LogP contribution in [0, 0.1) is 5.92 Å². The number of nitrogens with two attached hydrogens (primary N) is 1. The van der Waals surface area contributed by atoms with Crippen LogP contribution in [0.15, 0.2) is 15.7 Å². The third-order valence-electron chi connectivity index (χ3n) is 3.58. The Morgan fingerprint density at radius 1 is 1.47 bits per heavy atom. The summed E-state index contributed by atoms with van der Waals surface area (Å²) in [6.07, 6.45) is 2.12. The van der Waals surface area contributed by atoms with Crippen molar-refractivity contribution < 1.29 is 8.42 Å². The second-order valence-corrected chi connectivity index (χ2v) is 7.83. The predicted molar refractivity (Wildman–Crippen MR) is 78.8 cm³/mol. The number of hydrogen-bond acceptors (Lipinski definition) is 5. The fourth-order valence-corrected chi connectivity index (χ4v) is 4.52. The molecule has 0 atom stereocenters. The Kier molecular flexibility index (Phi) is 4.83. The molecule has 0 unspecified atom stereocenters. The molecule has 1 saturated heterocycles. The van der Waals surface area contributed by atoms with Gasteiger partial charge in [-0.3, -0.25) is 0 Å². The van der Waals surface area contributed by atoms with Crippen LogP contribution in [0.3, 0.4) is 0 Å². The van der Waals surface area contributed by atoms with E-state index in [0.717, 1.165) is 43.8 Å². The topological polar surface area (TPSA) is 75.4 Å². The molecule has 0 radical (unpaired) electrons. The van der Waals surface area contributed by atoms with E-state index in [1.807, 2.05) is 0 Å². The third-order valence-corrected chi connectivity index (χ3v) is 6.46. The minimum Gasteiger partial charge on any atom is -0.398 e. The first-order chi connectivity index (χ1) is 9.01. The minimum absolute atomic E-state index is 0.302. The number of likely N-dealkylation sites (tertiary alicyclic amines) is 1. The first-order valence-corrected chi connectivity index (χ1v) is 8.93. The van der Waals surface area contributed by atoms with Crippen LogP contribution in [0.2, 0.25) is 0 Å². The summed E-state index contributed by atoms with van der Waals surface area (Å²) in [5.41, 5.74) is 6.06. The maximum atomic E-state index is 12.0. The van der Waals surface area contributed by atoms with E-state index in [1.54, 1.807) is 5.38 Å². The van der Waals surface area contributed by atoms with Crippen LogP contribution >= 0.6 is 11.3 Å². The Hall–Kier alpha value is -0.630. The van der Waals surface area contributed by atoms with E-state index in [1.165, 1.54) is 6.07 Å². The van der Waals surface area contributed by atoms with Crippen LogP contribution in [-0.2, 0) is 10.0 Å². The molecule has 1 aliphatic rings. The highest BCUT2D eigenvalue weighted by Gasteiger charge is 2.22. The molecule has 1 aromatic heterocycles. The highest BCUT2D eigenvalue weighted by atomic mass is 32.2. The Morgan fingerprint density at radius 3 is 2.68 bits per heavy atom. The molecule has 0 saturated carbocycles. The van der Waals surface area contributed by atoms with Crippen LogP contribution in [0.25, 0.3) is 0 Å². The molecule has 3 N–H and O–H groups in total. The lowest BCUT2D eigenvalue weighted by Gasteiger charge is -2.30. The molecule has 2 rings (SSSR count). The first kappa shape index (κ1) is 14.8. The van der Waals surface area contributed by atoms with Crippen molar-refractivity contribution in [2.45, 2.75) is 24.0 Å². The van der Waals surface area contributed by atoms with Crippen molar-refractivity contribution in [1.29, 1.82) is 0 Å². The van der Waals surface area contributed by atoms with Gasteiger partial charge in [-0.05, 0) is 44.5 Å². The highest BCUT2D eigenvalue weighted by molar-refractivity contribution is 7.91. The Bertz CT molecular complexity index is 505. The number of rotatable bonds is 5. The molecular weight excluding hydrogens is 282 g/mol. The summed E-state index contributed by atoms with van der Waals surface area (Å²) in [5.74, 6) is 0.440. The SMILES string of the molecule is CCN1CCC(CNS(=O)(=O)c2cc(N)cs2)CC1. The minimum atomic E-state index is -3.38. The summed E-state index contributed by atoms with van der Waals surface area (Å²) in [6, 6.07) is 1.51. The molecule has 108 valence electrons. The molecule has 0 amide bonds. The Labute approximate surface area is 118 Å². The van der Waals surface area contributed by atoms with Crippen molar-refractivity contribution in [1.82, 2.24) is 9.62 Å². The lowest BCUT2D eigenvalue weighted by atomic mass is 9.97. The van der Waals surface area contributed by atoms with Gasteiger partial charge in [0.15, 0.2) is 0 Å². The van der Waals surface area contributed by atoms with Crippen molar-refractivity contribution in [3.8, 4) is 0 Å². The Morgan fingerprint density at radius 2 is 2.16 bits per heavy atom. The number of nitrogen functional groups attached to an aromatic ring is 1. The van der Waals surface area contributed by atoms with Gasteiger partial charge in [-0.15, -0.1) is 11.3 Å². The number of piperidine rings is 1. The van der Waals surface area contributed by atoms with Crippen LogP contribution in [0.4, 0.5) is 5.69 Å². The summed E-state index contributed by atoms with van der Waals surface area (Å²) in [5, 5.41) is 1.65. The number of hydrogen-bond donors (Lipinski definition) is 2. The van der Waals surface area contributed by atoms with Crippen molar-refractivity contribution in [2.24, 2.45) is 5.92 Å². The van der Waals surface area contributed by atoms with Crippen LogP contribution < -0.4 is 10.5 Å². The number of thiophene rings is 1. The van der Waals surface area contributed by atoms with E-state index in [0.29, 0.717) is 22.4 Å². The maximum absolute atomic E-state index is 12.0. The fourth-order valence-electron chi connectivity index (χ4n) is 2.28. The van der Waals surface area contributed by atoms with Gasteiger partial charge in [-0.25, -0.2) is 13.1 Å². The second-order valence-electron chi connectivity index (χ2n) is 4.93. The molecule has 5 nitrogen and oxygen atoms in total. The zero-order valence-electron chi connectivity index (χ0n) is 11.1. The van der Waals surface area contributed by atoms with Gasteiger partial charge in [0, 0.05) is 17.6 Å². The molecule has 2 heterocycles. The Balaban J connectivity index is 1.85. The summed E-state index contributed by atoms with van der Waals surface area (Å²) >= 11 is 1.16. The molecular formula is C12H21N3O2S2. The van der Waals surface area contributed by atoms with E-state index in [2.05, 4.69) is 16.5 Å². The zero-order valence-corrected chi connectivity index (χ0v) is 12.8. The van der Waals surface area contributed by atoms with E-state index < -0.39 is 10.0 Å².